The number of hydrogen-bond donors (Lipinski definition) is 0. The van der Waals surface area contributed by atoms with Crippen LogP contribution in [0.1, 0.15) is 28.9 Å². The SMILES string of the molecule is Cc1cccc(N2CCN(c3ccc(C(=O)N4CCCC4)nn3)CC2)c1. The van der Waals surface area contributed by atoms with Crippen molar-refractivity contribution < 1.29 is 4.79 Å². The second-order valence-corrected chi connectivity index (χ2v) is 7.09. The second kappa shape index (κ2) is 7.32. The van der Waals surface area contributed by atoms with Crippen LogP contribution in [-0.4, -0.2) is 60.3 Å². The lowest BCUT2D eigenvalue weighted by Gasteiger charge is -2.36. The van der Waals surface area contributed by atoms with Crippen molar-refractivity contribution >= 4 is 17.4 Å². The number of likely N-dealkylation sites (tertiary alicyclic amines) is 1. The third-order valence-corrected chi connectivity index (χ3v) is 5.23. The molecule has 4 rings (SSSR count). The van der Waals surface area contributed by atoms with Crippen LogP contribution in [0.2, 0.25) is 0 Å². The quantitative estimate of drug-likeness (QED) is 0.850. The maximum atomic E-state index is 12.4. The van der Waals surface area contributed by atoms with Gasteiger partial charge in [-0.3, -0.25) is 4.79 Å². The van der Waals surface area contributed by atoms with Crippen LogP contribution in [0.25, 0.3) is 0 Å². The summed E-state index contributed by atoms with van der Waals surface area (Å²) in [4.78, 5) is 18.9. The fourth-order valence-corrected chi connectivity index (χ4v) is 3.71. The number of aromatic nitrogens is 2. The number of rotatable bonds is 3. The van der Waals surface area contributed by atoms with Gasteiger partial charge in [-0.05, 0) is 49.6 Å². The van der Waals surface area contributed by atoms with E-state index in [1.54, 1.807) is 0 Å². The van der Waals surface area contributed by atoms with Gasteiger partial charge < -0.3 is 14.7 Å². The molecule has 0 unspecified atom stereocenters. The van der Waals surface area contributed by atoms with Gasteiger partial charge >= 0.3 is 0 Å². The Morgan fingerprint density at radius 3 is 2.27 bits per heavy atom. The Morgan fingerprint density at radius 2 is 1.62 bits per heavy atom. The van der Waals surface area contributed by atoms with E-state index in [4.69, 9.17) is 0 Å². The number of piperazine rings is 1. The van der Waals surface area contributed by atoms with Crippen LogP contribution >= 0.6 is 0 Å². The van der Waals surface area contributed by atoms with Crippen LogP contribution in [0.5, 0.6) is 0 Å². The summed E-state index contributed by atoms with van der Waals surface area (Å²) in [5.74, 6) is 0.859. The van der Waals surface area contributed by atoms with E-state index in [1.807, 2.05) is 17.0 Å². The molecular formula is C20H25N5O. The number of hydrogen-bond acceptors (Lipinski definition) is 5. The summed E-state index contributed by atoms with van der Waals surface area (Å²) in [7, 11) is 0. The number of carbonyl (C=O) groups excluding carboxylic acids is 1. The van der Waals surface area contributed by atoms with Gasteiger partial charge in [0.1, 0.15) is 0 Å². The topological polar surface area (TPSA) is 52.6 Å². The standard InChI is InChI=1S/C20H25N5O/c1-16-5-4-6-17(15-16)23-11-13-24(14-12-23)19-8-7-18(21-22-19)20(26)25-9-2-3-10-25/h4-8,15H,2-3,9-14H2,1H3. The van der Waals surface area contributed by atoms with Gasteiger partial charge in [-0.25, -0.2) is 0 Å². The maximum Gasteiger partial charge on any atom is 0.274 e. The summed E-state index contributed by atoms with van der Waals surface area (Å²) < 4.78 is 0. The van der Waals surface area contributed by atoms with Crippen LogP contribution in [-0.2, 0) is 0 Å². The molecule has 3 heterocycles. The van der Waals surface area contributed by atoms with Crippen molar-refractivity contribution in [2.75, 3.05) is 49.1 Å². The zero-order chi connectivity index (χ0) is 17.9. The summed E-state index contributed by atoms with van der Waals surface area (Å²) in [6.07, 6.45) is 2.17. The number of carbonyl (C=O) groups is 1. The van der Waals surface area contributed by atoms with Crippen molar-refractivity contribution in [1.29, 1.82) is 0 Å². The molecule has 2 aromatic rings. The van der Waals surface area contributed by atoms with Crippen molar-refractivity contribution in [2.24, 2.45) is 0 Å². The van der Waals surface area contributed by atoms with E-state index in [9.17, 15) is 4.79 Å². The fourth-order valence-electron chi connectivity index (χ4n) is 3.71. The molecule has 0 bridgehead atoms. The van der Waals surface area contributed by atoms with Crippen LogP contribution < -0.4 is 9.80 Å². The molecule has 6 heteroatoms. The third-order valence-electron chi connectivity index (χ3n) is 5.23. The number of aryl methyl sites for hydroxylation is 1. The Hall–Kier alpha value is -2.63. The predicted molar refractivity (Wildman–Crippen MR) is 103 cm³/mol. The largest absolute Gasteiger partial charge is 0.368 e. The lowest BCUT2D eigenvalue weighted by molar-refractivity contribution is 0.0786. The summed E-state index contributed by atoms with van der Waals surface area (Å²) in [5, 5.41) is 8.51. The molecule has 6 nitrogen and oxygen atoms in total. The molecule has 2 fully saturated rings. The predicted octanol–water partition coefficient (Wildman–Crippen LogP) is 2.35. The highest BCUT2D eigenvalue weighted by Crippen LogP contribution is 2.20. The van der Waals surface area contributed by atoms with Gasteiger partial charge in [-0.2, -0.15) is 0 Å². The van der Waals surface area contributed by atoms with Gasteiger partial charge in [-0.1, -0.05) is 12.1 Å². The van der Waals surface area contributed by atoms with Gasteiger partial charge in [0.15, 0.2) is 11.5 Å². The van der Waals surface area contributed by atoms with Crippen molar-refractivity contribution in [2.45, 2.75) is 19.8 Å². The van der Waals surface area contributed by atoms with E-state index < -0.39 is 0 Å². The minimum Gasteiger partial charge on any atom is -0.368 e. The molecule has 0 N–H and O–H groups in total. The number of amides is 1. The molecule has 1 aromatic carbocycles. The van der Waals surface area contributed by atoms with E-state index in [-0.39, 0.29) is 5.91 Å². The Labute approximate surface area is 154 Å². The maximum absolute atomic E-state index is 12.4. The van der Waals surface area contributed by atoms with Gasteiger partial charge in [0.2, 0.25) is 0 Å². The Bertz CT molecular complexity index is 762. The van der Waals surface area contributed by atoms with Crippen LogP contribution in [0.3, 0.4) is 0 Å². The number of anilines is 2. The summed E-state index contributed by atoms with van der Waals surface area (Å²) in [6.45, 7) is 7.52. The summed E-state index contributed by atoms with van der Waals surface area (Å²) >= 11 is 0. The van der Waals surface area contributed by atoms with Gasteiger partial charge in [0, 0.05) is 45.0 Å². The molecule has 2 aliphatic rings. The van der Waals surface area contributed by atoms with Crippen LogP contribution in [0, 0.1) is 6.92 Å². The van der Waals surface area contributed by atoms with Crippen molar-refractivity contribution in [3.05, 3.63) is 47.7 Å². The minimum absolute atomic E-state index is 0.00539. The van der Waals surface area contributed by atoms with Crippen LogP contribution in [0.15, 0.2) is 36.4 Å². The smallest absolute Gasteiger partial charge is 0.274 e. The number of nitrogens with zero attached hydrogens (tertiary/aromatic N) is 5. The van der Waals surface area contributed by atoms with Crippen molar-refractivity contribution in [1.82, 2.24) is 15.1 Å². The molecule has 2 aliphatic heterocycles. The van der Waals surface area contributed by atoms with Crippen molar-refractivity contribution in [3.63, 3.8) is 0 Å². The first-order valence-corrected chi connectivity index (χ1v) is 9.40. The molecule has 1 aromatic heterocycles. The van der Waals surface area contributed by atoms with Gasteiger partial charge in [0.25, 0.3) is 5.91 Å². The molecule has 0 atom stereocenters. The van der Waals surface area contributed by atoms with Gasteiger partial charge in [-0.15, -0.1) is 10.2 Å². The highest BCUT2D eigenvalue weighted by Gasteiger charge is 2.22. The Kier molecular flexibility index (Phi) is 4.73. The molecule has 0 radical (unpaired) electrons. The van der Waals surface area contributed by atoms with E-state index in [2.05, 4.69) is 51.2 Å². The molecule has 0 aliphatic carbocycles. The third kappa shape index (κ3) is 3.49. The molecule has 2 saturated heterocycles. The van der Waals surface area contributed by atoms with Gasteiger partial charge in [0.05, 0.1) is 0 Å². The highest BCUT2D eigenvalue weighted by molar-refractivity contribution is 5.92. The first-order valence-electron chi connectivity index (χ1n) is 9.40. The number of benzene rings is 1. The minimum atomic E-state index is 0.00539. The fraction of sp³-hybridized carbons (Fsp3) is 0.450. The Morgan fingerprint density at radius 1 is 0.885 bits per heavy atom. The Balaban J connectivity index is 1.37. The van der Waals surface area contributed by atoms with E-state index in [0.29, 0.717) is 5.69 Å². The lowest BCUT2D eigenvalue weighted by Crippen LogP contribution is -2.47. The monoisotopic (exact) mass is 351 g/mol. The van der Waals surface area contributed by atoms with E-state index in [0.717, 1.165) is 57.9 Å². The first-order chi connectivity index (χ1) is 12.7. The molecular weight excluding hydrogens is 326 g/mol. The summed E-state index contributed by atoms with van der Waals surface area (Å²) in [6, 6.07) is 12.4. The first kappa shape index (κ1) is 16.8. The normalized spacial score (nSPS) is 17.7. The zero-order valence-electron chi connectivity index (χ0n) is 15.3. The molecule has 0 saturated carbocycles. The lowest BCUT2D eigenvalue weighted by atomic mass is 10.2. The zero-order valence-corrected chi connectivity index (χ0v) is 15.3. The van der Waals surface area contributed by atoms with Crippen molar-refractivity contribution in [3.8, 4) is 0 Å². The van der Waals surface area contributed by atoms with Crippen LogP contribution in [0.4, 0.5) is 11.5 Å². The van der Waals surface area contributed by atoms with E-state index >= 15 is 0 Å². The summed E-state index contributed by atoms with van der Waals surface area (Å²) in [5.41, 5.74) is 3.02. The second-order valence-electron chi connectivity index (χ2n) is 7.09. The molecule has 0 spiro atoms. The average Bonchev–Trinajstić information content (AvgIpc) is 3.23. The molecule has 136 valence electrons. The highest BCUT2D eigenvalue weighted by atomic mass is 16.2. The molecule has 26 heavy (non-hydrogen) atoms. The molecule has 1 amide bonds. The average molecular weight is 351 g/mol. The van der Waals surface area contributed by atoms with E-state index in [1.165, 1.54) is 11.3 Å².